The van der Waals surface area contributed by atoms with Crippen LogP contribution in [0.5, 0.6) is 0 Å². The maximum absolute atomic E-state index is 11.4. The van der Waals surface area contributed by atoms with Gasteiger partial charge in [0.1, 0.15) is 0 Å². The second kappa shape index (κ2) is 21.1. The average Bonchev–Trinajstić information content (AvgIpc) is 2.97. The number of carbonyl (C=O) groups excluding carboxylic acids is 1. The summed E-state index contributed by atoms with van der Waals surface area (Å²) in [5.74, 6) is 0.225. The highest BCUT2D eigenvalue weighted by Gasteiger charge is 2.21. The molecule has 45 heavy (non-hydrogen) atoms. The Balaban J connectivity index is 0.000000227. The SMILES string of the molecule is Brc1ccccc1C1COC1.COC(=O)c1ccc(-c2cccc(Br)c2)c(Cl)c1.Cc1ccc(S(=O)(=O)Cl)cc1.PPP(P)P. The Labute approximate surface area is 302 Å². The fraction of sp³-hybridized carbons (Fsp3) is 0.167. The number of aryl methyl sites for hydroxylation is 1. The minimum absolute atomic E-state index is 0.143. The highest BCUT2D eigenvalue weighted by Crippen LogP contribution is 2.71. The zero-order valence-corrected chi connectivity index (χ0v) is 35.2. The van der Waals surface area contributed by atoms with Crippen LogP contribution in [-0.2, 0) is 18.5 Å². The van der Waals surface area contributed by atoms with Crippen LogP contribution < -0.4 is 0 Å². The zero-order valence-electron chi connectivity index (χ0n) is 24.3. The number of methoxy groups -OCH3 is 1. The van der Waals surface area contributed by atoms with Crippen LogP contribution in [0.2, 0.25) is 5.02 Å². The first kappa shape index (κ1) is 41.1. The van der Waals surface area contributed by atoms with Crippen molar-refractivity contribution in [3.05, 3.63) is 122 Å². The van der Waals surface area contributed by atoms with Crippen molar-refractivity contribution in [2.24, 2.45) is 0 Å². The average molecular weight is 891 g/mol. The lowest BCUT2D eigenvalue weighted by atomic mass is 9.98. The fourth-order valence-electron chi connectivity index (χ4n) is 3.57. The molecule has 5 rings (SSSR count). The summed E-state index contributed by atoms with van der Waals surface area (Å²) < 4.78 is 33.4. The van der Waals surface area contributed by atoms with Crippen molar-refractivity contribution in [1.29, 1.82) is 0 Å². The first-order chi connectivity index (χ1) is 21.3. The summed E-state index contributed by atoms with van der Waals surface area (Å²) >= 11 is 13.1. The first-order valence-corrected chi connectivity index (χ1v) is 25.5. The van der Waals surface area contributed by atoms with Crippen molar-refractivity contribution in [2.45, 2.75) is 17.7 Å². The van der Waals surface area contributed by atoms with Gasteiger partial charge in [-0.05, 0) is 67.5 Å². The van der Waals surface area contributed by atoms with Crippen molar-refractivity contribution in [3.63, 3.8) is 0 Å². The molecule has 15 heteroatoms. The lowest BCUT2D eigenvalue weighted by molar-refractivity contribution is 0.00814. The molecule has 242 valence electrons. The van der Waals surface area contributed by atoms with E-state index in [1.54, 1.807) is 24.3 Å². The van der Waals surface area contributed by atoms with Crippen molar-refractivity contribution < 1.29 is 22.7 Å². The molecule has 0 N–H and O–H groups in total. The van der Waals surface area contributed by atoms with Crippen molar-refractivity contribution in [1.82, 2.24) is 0 Å². The predicted octanol–water partition coefficient (Wildman–Crippen LogP) is 11.5. The van der Waals surface area contributed by atoms with Crippen LogP contribution in [0.15, 0.2) is 105 Å². The number of esters is 1. The molecule has 5 nitrogen and oxygen atoms in total. The molecule has 0 aromatic heterocycles. The Morgan fingerprint density at radius 1 is 0.978 bits per heavy atom. The van der Waals surface area contributed by atoms with Crippen LogP contribution in [0, 0.1) is 6.92 Å². The summed E-state index contributed by atoms with van der Waals surface area (Å²) in [6.45, 7) is 3.86. The summed E-state index contributed by atoms with van der Waals surface area (Å²) in [6.07, 6.45) is 0. The predicted molar refractivity (Wildman–Crippen MR) is 212 cm³/mol. The van der Waals surface area contributed by atoms with Gasteiger partial charge < -0.3 is 9.47 Å². The van der Waals surface area contributed by atoms with E-state index in [0.717, 1.165) is 42.3 Å². The maximum atomic E-state index is 11.4. The van der Waals surface area contributed by atoms with E-state index in [-0.39, 0.29) is 11.9 Å². The molecule has 0 spiro atoms. The van der Waals surface area contributed by atoms with Crippen LogP contribution in [0.25, 0.3) is 11.1 Å². The largest absolute Gasteiger partial charge is 0.465 e. The summed E-state index contributed by atoms with van der Waals surface area (Å²) in [6, 6.07) is 27.7. The molecule has 1 aliphatic heterocycles. The van der Waals surface area contributed by atoms with Crippen molar-refractivity contribution in [3.8, 4) is 11.1 Å². The Kier molecular flexibility index (Phi) is 19.3. The van der Waals surface area contributed by atoms with Crippen LogP contribution in [0.3, 0.4) is 0 Å². The monoisotopic (exact) mass is 888 g/mol. The van der Waals surface area contributed by atoms with Crippen LogP contribution in [0.4, 0.5) is 0 Å². The lowest BCUT2D eigenvalue weighted by Crippen LogP contribution is -2.25. The fourth-order valence-corrected chi connectivity index (χ4v) is 5.64. The Hall–Kier alpha value is -0.0500. The third-order valence-electron chi connectivity index (χ3n) is 5.96. The standard InChI is InChI=1S/C14H10BrClO2.C9H9BrO.C7H7ClO2S.H7P5/c1-18-14(17)10-5-6-12(13(16)8-10)9-3-2-4-11(15)7-9;10-9-4-2-1-3-8(9)7-5-11-6-7;1-6-2-4-7(5-3-6)11(8,9)10;1-4-5(2)3/h2-8H,1H3;1-4,7H,5-6H2;2-5H,1H3;4H,1-3H2. The Morgan fingerprint density at radius 3 is 2.07 bits per heavy atom. The molecule has 0 aliphatic carbocycles. The Bertz CT molecular complexity index is 1640. The van der Waals surface area contributed by atoms with Crippen LogP contribution in [0.1, 0.15) is 27.4 Å². The number of rotatable bonds is 5. The molecule has 0 bridgehead atoms. The van der Waals surface area contributed by atoms with E-state index in [1.807, 2.05) is 43.3 Å². The highest BCUT2D eigenvalue weighted by molar-refractivity contribution is 9.10. The number of ether oxygens (including phenoxy) is 2. The number of carbonyl (C=O) groups is 1. The van der Waals surface area contributed by atoms with Gasteiger partial charge in [0.2, 0.25) is 0 Å². The van der Waals surface area contributed by atoms with Gasteiger partial charge in [0, 0.05) is 36.1 Å². The molecule has 1 fully saturated rings. The highest BCUT2D eigenvalue weighted by atomic mass is 79.9. The van der Waals surface area contributed by atoms with Crippen LogP contribution >= 0.6 is 95.9 Å². The first-order valence-electron chi connectivity index (χ1n) is 13.0. The summed E-state index contributed by atoms with van der Waals surface area (Å²) in [5.41, 5.74) is 4.70. The van der Waals surface area contributed by atoms with Gasteiger partial charge >= 0.3 is 5.97 Å². The molecular weight excluding hydrogens is 858 g/mol. The zero-order chi connectivity index (χ0) is 33.6. The molecule has 1 saturated heterocycles. The number of hydrogen-bond donors (Lipinski definition) is 0. The second-order valence-electron chi connectivity index (χ2n) is 9.24. The number of hydrogen-bond acceptors (Lipinski definition) is 5. The maximum Gasteiger partial charge on any atom is 0.337 e. The second-order valence-corrected chi connectivity index (χ2v) is 27.9. The van der Waals surface area contributed by atoms with E-state index in [0.29, 0.717) is 16.5 Å². The van der Waals surface area contributed by atoms with Gasteiger partial charge in [-0.2, -0.15) is 0 Å². The van der Waals surface area contributed by atoms with Crippen LogP contribution in [-0.4, -0.2) is 34.7 Å². The smallest absolute Gasteiger partial charge is 0.337 e. The normalized spacial score (nSPS) is 12.6. The van der Waals surface area contributed by atoms with Crippen molar-refractivity contribution in [2.75, 3.05) is 20.3 Å². The molecular formula is C30H33Br2Cl2O5P5S. The molecule has 1 heterocycles. The minimum atomic E-state index is -3.55. The number of benzene rings is 4. The van der Waals surface area contributed by atoms with E-state index >= 15 is 0 Å². The third-order valence-corrected chi connectivity index (χ3v) is 20.8. The Morgan fingerprint density at radius 2 is 1.60 bits per heavy atom. The third kappa shape index (κ3) is 14.9. The molecule has 1 aliphatic rings. The topological polar surface area (TPSA) is 69.7 Å². The summed E-state index contributed by atoms with van der Waals surface area (Å²) in [4.78, 5) is 11.5. The minimum Gasteiger partial charge on any atom is -0.465 e. The summed E-state index contributed by atoms with van der Waals surface area (Å²) in [7, 11) is 12.1. The quantitative estimate of drug-likeness (QED) is 0.113. The van der Waals surface area contributed by atoms with E-state index < -0.39 is 15.0 Å². The van der Waals surface area contributed by atoms with Gasteiger partial charge in [-0.3, -0.25) is 0 Å². The molecule has 4 atom stereocenters. The van der Waals surface area contributed by atoms with E-state index in [9.17, 15) is 13.2 Å². The molecule has 4 aromatic rings. The van der Waals surface area contributed by atoms with Gasteiger partial charge in [-0.25, -0.2) is 13.2 Å². The summed E-state index contributed by atoms with van der Waals surface area (Å²) in [5, 5.41) is 0.524. The van der Waals surface area contributed by atoms with E-state index in [4.69, 9.17) is 27.0 Å². The molecule has 4 aromatic carbocycles. The molecule has 4 unspecified atom stereocenters. The molecule has 0 saturated carbocycles. The van der Waals surface area contributed by atoms with Gasteiger partial charge in [0.15, 0.2) is 0 Å². The van der Waals surface area contributed by atoms with Gasteiger partial charge in [0.05, 0.1) is 30.8 Å². The molecule has 0 amide bonds. The van der Waals surface area contributed by atoms with E-state index in [2.05, 4.69) is 81.6 Å². The van der Waals surface area contributed by atoms with E-state index in [1.165, 1.54) is 29.3 Å². The van der Waals surface area contributed by atoms with Gasteiger partial charge in [-0.15, -0.1) is 26.8 Å². The lowest BCUT2D eigenvalue weighted by Gasteiger charge is -2.27. The van der Waals surface area contributed by atoms with Gasteiger partial charge in [-0.1, -0.05) is 106 Å². The van der Waals surface area contributed by atoms with Crippen molar-refractivity contribution >= 4 is 111 Å². The number of halogens is 4. The van der Waals surface area contributed by atoms with Gasteiger partial charge in [0.25, 0.3) is 9.05 Å². The molecule has 0 radical (unpaired) electrons.